The topological polar surface area (TPSA) is 179 Å². The Bertz CT molecular complexity index is 5660. The van der Waals surface area contributed by atoms with Gasteiger partial charge in [-0.05, 0) is 152 Å². The molecule has 2 aliphatic heterocycles. The summed E-state index contributed by atoms with van der Waals surface area (Å²) in [4.78, 5) is 60.9. The number of hydrogen-bond donors (Lipinski definition) is 0. The van der Waals surface area contributed by atoms with E-state index in [1.165, 1.54) is 0 Å². The summed E-state index contributed by atoms with van der Waals surface area (Å²) in [6.45, 7) is 17.8. The van der Waals surface area contributed by atoms with Crippen LogP contribution >= 0.6 is 94.1 Å². The molecule has 2 aliphatic rings. The molecule has 17 rings (SSSR count). The molecule has 0 saturated heterocycles. The molecule has 15 aromatic rings. The second-order valence-corrected chi connectivity index (χ2v) is 35.2. The van der Waals surface area contributed by atoms with Crippen LogP contribution < -0.4 is 47.9 Å². The number of fused-ring (bicyclic) bond motifs is 20. The van der Waals surface area contributed by atoms with E-state index < -0.39 is 0 Å². The van der Waals surface area contributed by atoms with Crippen LogP contribution in [-0.4, -0.2) is 82.8 Å². The second-order valence-electron chi connectivity index (χ2n) is 26.5. The molecule has 0 aliphatic carbocycles. The van der Waals surface area contributed by atoms with Gasteiger partial charge in [0.1, 0.15) is 46.0 Å². The largest absolute Gasteiger partial charge is 2.00 e. The van der Waals surface area contributed by atoms with E-state index in [0.717, 1.165) is 78.3 Å². The van der Waals surface area contributed by atoms with Gasteiger partial charge in [-0.1, -0.05) is 240 Å². The predicted molar refractivity (Wildman–Crippen MR) is 488 cm³/mol. The van der Waals surface area contributed by atoms with E-state index in [2.05, 4.69) is 97.1 Å². The summed E-state index contributed by atoms with van der Waals surface area (Å²) in [5.41, 5.74) is 2.80. The zero-order valence-electron chi connectivity index (χ0n) is 67.2. The molecule has 0 saturated carbocycles. The van der Waals surface area contributed by atoms with E-state index in [0.29, 0.717) is 89.8 Å². The van der Waals surface area contributed by atoms with Crippen LogP contribution in [0.15, 0.2) is 321 Å². The zero-order valence-corrected chi connectivity index (χ0v) is 74.6. The summed E-state index contributed by atoms with van der Waals surface area (Å²) in [7, 11) is 0. The average Bonchev–Trinajstić information content (AvgIpc) is 1.56. The van der Waals surface area contributed by atoms with Crippen molar-refractivity contribution in [2.75, 3.05) is 52.9 Å². The molecule has 1 radical (unpaired) electrons. The van der Waals surface area contributed by atoms with Gasteiger partial charge in [-0.3, -0.25) is 0 Å². The molecule has 25 heteroatoms. The minimum Gasteiger partial charge on any atom is -0.492 e. The van der Waals surface area contributed by atoms with Crippen molar-refractivity contribution < 1.29 is 55.0 Å². The van der Waals surface area contributed by atoms with Crippen molar-refractivity contribution in [2.45, 2.75) is 134 Å². The van der Waals surface area contributed by atoms with E-state index >= 15 is 0 Å². The minimum absolute atomic E-state index is 0. The summed E-state index contributed by atoms with van der Waals surface area (Å²) in [6, 6.07) is 82.3. The van der Waals surface area contributed by atoms with E-state index in [-0.39, 0.29) is 116 Å². The van der Waals surface area contributed by atoms with Gasteiger partial charge in [-0.2, -0.15) is 0 Å². The number of benzene rings is 12. The Hall–Kier alpha value is -10.3. The molecule has 0 N–H and O–H groups in total. The van der Waals surface area contributed by atoms with Crippen molar-refractivity contribution in [3.05, 3.63) is 243 Å². The van der Waals surface area contributed by atoms with Crippen LogP contribution in [0.2, 0.25) is 0 Å². The molecule has 8 bridgehead atoms. The zero-order chi connectivity index (χ0) is 82.0. The van der Waals surface area contributed by atoms with Crippen molar-refractivity contribution in [1.29, 1.82) is 0 Å². The minimum atomic E-state index is 0. The molecule has 3 aromatic heterocycles. The third-order valence-electron chi connectivity index (χ3n) is 18.8. The Kier molecular flexibility index (Phi) is 27.4. The maximum Gasteiger partial charge on any atom is 2.00 e. The Balaban J connectivity index is 0.0000109. The maximum absolute atomic E-state index is 7.28. The van der Waals surface area contributed by atoms with Crippen LogP contribution in [0.1, 0.15) is 55.4 Å². The molecule has 0 unspecified atom stereocenters. The van der Waals surface area contributed by atoms with Crippen LogP contribution in [0.4, 0.5) is 0 Å². The Labute approximate surface area is 747 Å². The fraction of sp³-hybridized carbons (Fsp3) is 0.167. The number of hydrogen-bond acceptors (Lipinski definition) is 22. The van der Waals surface area contributed by atoms with Crippen molar-refractivity contribution >= 4 is 138 Å². The van der Waals surface area contributed by atoms with Crippen molar-refractivity contribution in [2.24, 2.45) is 0 Å². The number of nitrogens with zero attached hydrogens (tertiary/aromatic N) is 8. The van der Waals surface area contributed by atoms with E-state index in [1.54, 1.807) is 94.1 Å². The molecule has 611 valence electrons. The standard InChI is InChI=1S/C96H80N8O8S8.Cu/c1-9-105-73-65-66(74(106-10-2)82(114-58-43-27-18-28-44-58)81(73)113-57-41-25-17-26-42-57)90-97-89(65)101-91-67-68(76(108-12-4)84(116-60-47-31-20-32-48-60)83(75(67)107-11-3)115-59-45-29-19-30-46-59)93(98-91)103-95-71-72(80(112-16-8)88(120-64-55-39-24-40-56-64)87(79(71)111-15-7)119-63-53-37-23-38-54-63)96(100-95)104-94-70-69(92(99-94)102-90)77(109-13-5)85(117-61-49-33-21-34-50-61)86(78(70)110-14-6)118-62-51-35-22-36-52-62;/h17-56H,9-16H2,1-8H3;/q-2;+2. The molecule has 0 spiro atoms. The summed E-state index contributed by atoms with van der Waals surface area (Å²) in [5.74, 6) is 4.74. The molecule has 0 fully saturated rings. The quantitative estimate of drug-likeness (QED) is 0.0363. The van der Waals surface area contributed by atoms with Crippen LogP contribution in [0.3, 0.4) is 0 Å². The van der Waals surface area contributed by atoms with E-state index in [4.69, 9.17) is 77.8 Å². The molecule has 0 amide bonds. The van der Waals surface area contributed by atoms with Gasteiger partial charge < -0.3 is 67.8 Å². The molecule has 16 nitrogen and oxygen atoms in total. The first-order valence-corrected chi connectivity index (χ1v) is 46.3. The fourth-order valence-electron chi connectivity index (χ4n) is 14.1. The normalized spacial score (nSPS) is 11.4. The van der Waals surface area contributed by atoms with Crippen LogP contribution in [0, 0.1) is 0 Å². The van der Waals surface area contributed by atoms with Gasteiger partial charge in [0, 0.05) is 83.3 Å². The van der Waals surface area contributed by atoms with Gasteiger partial charge in [0.15, 0.2) is 0 Å². The molecule has 5 heterocycles. The maximum atomic E-state index is 7.28. The molecule has 0 atom stereocenters. The Morgan fingerprint density at radius 2 is 0.339 bits per heavy atom. The van der Waals surface area contributed by atoms with E-state index in [1.807, 2.05) is 201 Å². The first-order chi connectivity index (χ1) is 59.2. The summed E-state index contributed by atoms with van der Waals surface area (Å²) >= 11 is 12.5. The first kappa shape index (κ1) is 84.3. The van der Waals surface area contributed by atoms with E-state index in [9.17, 15) is 0 Å². The van der Waals surface area contributed by atoms with Crippen LogP contribution in [0.5, 0.6) is 46.0 Å². The summed E-state index contributed by atoms with van der Waals surface area (Å²) < 4.78 is 58.3. The fourth-order valence-corrected chi connectivity index (χ4v) is 22.8. The third kappa shape index (κ3) is 17.5. The van der Waals surface area contributed by atoms with Gasteiger partial charge in [-0.25, -0.2) is 9.97 Å². The summed E-state index contributed by atoms with van der Waals surface area (Å²) in [5, 5.41) is 2.00. The first-order valence-electron chi connectivity index (χ1n) is 39.7. The number of rotatable bonds is 32. The van der Waals surface area contributed by atoms with Crippen LogP contribution in [0.25, 0.3) is 89.7 Å². The molecular formula is C96H80CuN8O8S8. The smallest absolute Gasteiger partial charge is 0.492 e. The molecule has 12 aromatic carbocycles. The summed E-state index contributed by atoms with van der Waals surface area (Å²) in [6.07, 6.45) is 0. The number of ether oxygens (including phenoxy) is 8. The average molecular weight is 1790 g/mol. The van der Waals surface area contributed by atoms with Gasteiger partial charge in [0.05, 0.1) is 138 Å². The SMILES string of the molecule is CCOc1c(Sc2ccccc2)c(Sc2ccccc2)c(OCC)c2c1-c1nc-2nc2[n-]c(nc3nc(nc4[n-]c(n1)c1c(OCC)c(Sc5ccccc5)c(Sc5ccccc5)c(OCC)c41)-c1c(OCC)c(Sc4ccccc4)c(Sc4ccccc4)c(OCC)c1-3)c1c(OCC)c(Sc3ccccc3)c(Sc3ccccc3)c(OCC)c21.[Cu+2]. The Morgan fingerprint density at radius 1 is 0.198 bits per heavy atom. The van der Waals surface area contributed by atoms with Crippen molar-refractivity contribution in [3.8, 4) is 91.5 Å². The van der Waals surface area contributed by atoms with Gasteiger partial charge >= 0.3 is 17.1 Å². The Morgan fingerprint density at radius 3 is 0.488 bits per heavy atom. The van der Waals surface area contributed by atoms with Crippen molar-refractivity contribution in [1.82, 2.24) is 39.9 Å². The van der Waals surface area contributed by atoms with Crippen LogP contribution in [-0.2, 0) is 17.1 Å². The van der Waals surface area contributed by atoms with Gasteiger partial charge in [-0.15, -0.1) is 0 Å². The van der Waals surface area contributed by atoms with Crippen molar-refractivity contribution in [3.63, 3.8) is 0 Å². The monoisotopic (exact) mass is 1790 g/mol. The van der Waals surface area contributed by atoms with Gasteiger partial charge in [0.25, 0.3) is 0 Å². The van der Waals surface area contributed by atoms with Gasteiger partial charge in [0.2, 0.25) is 0 Å². The predicted octanol–water partition coefficient (Wildman–Crippen LogP) is 26.5. The third-order valence-corrected chi connectivity index (χ3v) is 28.1. The number of aromatic nitrogens is 8. The molecular weight excluding hydrogens is 1710 g/mol. The second kappa shape index (κ2) is 39.3. The molecule has 121 heavy (non-hydrogen) atoms.